The second-order valence-electron chi connectivity index (χ2n) is 4.34. The summed E-state index contributed by atoms with van der Waals surface area (Å²) in [5.41, 5.74) is -0.516. The van der Waals surface area contributed by atoms with Crippen molar-refractivity contribution in [1.29, 1.82) is 0 Å². The molecule has 0 spiro atoms. The van der Waals surface area contributed by atoms with Gasteiger partial charge in [-0.25, -0.2) is 4.98 Å². The van der Waals surface area contributed by atoms with Gasteiger partial charge in [0.1, 0.15) is 19.0 Å². The smallest absolute Gasteiger partial charge is 0.416 e. The van der Waals surface area contributed by atoms with Gasteiger partial charge in [-0.05, 0) is 25.1 Å². The summed E-state index contributed by atoms with van der Waals surface area (Å²) in [5, 5.41) is 0. The molecule has 1 aromatic carbocycles. The van der Waals surface area contributed by atoms with Crippen LogP contribution in [0.2, 0.25) is 0 Å². The maximum absolute atomic E-state index is 12.6. The molecule has 1 heterocycles. The molecular formula is C15H14F3NO2. The van der Waals surface area contributed by atoms with Crippen LogP contribution in [-0.4, -0.2) is 18.2 Å². The van der Waals surface area contributed by atoms with Crippen molar-refractivity contribution in [2.24, 2.45) is 0 Å². The Labute approximate surface area is 120 Å². The average Bonchev–Trinajstić information content (AvgIpc) is 2.43. The zero-order chi connectivity index (χ0) is 15.3. The minimum Gasteiger partial charge on any atom is -0.490 e. The monoisotopic (exact) mass is 297 g/mol. The highest BCUT2D eigenvalue weighted by Crippen LogP contribution is 2.31. The number of rotatable bonds is 5. The first kappa shape index (κ1) is 15.2. The quantitative estimate of drug-likeness (QED) is 0.785. The number of aromatic nitrogens is 1. The lowest BCUT2D eigenvalue weighted by Crippen LogP contribution is -2.11. The molecule has 0 atom stereocenters. The highest BCUT2D eigenvalue weighted by Gasteiger charge is 2.31. The molecule has 1 aromatic heterocycles. The van der Waals surface area contributed by atoms with Crippen LogP contribution in [0.4, 0.5) is 13.2 Å². The minimum atomic E-state index is -4.41. The number of nitrogens with zero attached hydrogens (tertiary/aromatic N) is 1. The van der Waals surface area contributed by atoms with E-state index < -0.39 is 11.7 Å². The van der Waals surface area contributed by atoms with E-state index in [0.717, 1.165) is 12.1 Å². The second-order valence-corrected chi connectivity index (χ2v) is 4.34. The average molecular weight is 297 g/mol. The van der Waals surface area contributed by atoms with Crippen molar-refractivity contribution in [2.75, 3.05) is 13.2 Å². The van der Waals surface area contributed by atoms with Crippen LogP contribution in [-0.2, 0) is 6.18 Å². The molecule has 21 heavy (non-hydrogen) atoms. The molecular weight excluding hydrogens is 283 g/mol. The van der Waals surface area contributed by atoms with Crippen LogP contribution in [0.25, 0.3) is 0 Å². The van der Waals surface area contributed by atoms with Gasteiger partial charge < -0.3 is 9.47 Å². The highest BCUT2D eigenvalue weighted by molar-refractivity contribution is 5.27. The molecule has 0 fully saturated rings. The van der Waals surface area contributed by atoms with Crippen molar-refractivity contribution >= 4 is 0 Å². The molecule has 0 aliphatic heterocycles. The SMILES string of the molecule is Cc1cc(C(F)(F)F)cc(OCCOc2ccccc2)n1. The summed E-state index contributed by atoms with van der Waals surface area (Å²) in [6.07, 6.45) is -4.41. The Morgan fingerprint density at radius 2 is 1.67 bits per heavy atom. The van der Waals surface area contributed by atoms with E-state index in [2.05, 4.69) is 4.98 Å². The zero-order valence-corrected chi connectivity index (χ0v) is 11.4. The lowest BCUT2D eigenvalue weighted by molar-refractivity contribution is -0.137. The Morgan fingerprint density at radius 3 is 2.33 bits per heavy atom. The maximum atomic E-state index is 12.6. The molecule has 0 bridgehead atoms. The number of benzene rings is 1. The van der Waals surface area contributed by atoms with E-state index in [9.17, 15) is 13.2 Å². The van der Waals surface area contributed by atoms with Gasteiger partial charge in [0.05, 0.1) is 5.56 Å². The van der Waals surface area contributed by atoms with Gasteiger partial charge in [-0.15, -0.1) is 0 Å². The van der Waals surface area contributed by atoms with Crippen LogP contribution in [0.3, 0.4) is 0 Å². The topological polar surface area (TPSA) is 31.4 Å². The van der Waals surface area contributed by atoms with Gasteiger partial charge in [0.15, 0.2) is 0 Å². The number of halogens is 3. The van der Waals surface area contributed by atoms with Gasteiger partial charge in [-0.1, -0.05) is 18.2 Å². The van der Waals surface area contributed by atoms with E-state index in [4.69, 9.17) is 9.47 Å². The van der Waals surface area contributed by atoms with E-state index in [1.165, 1.54) is 6.92 Å². The Kier molecular flexibility index (Phi) is 4.67. The third kappa shape index (κ3) is 4.66. The van der Waals surface area contributed by atoms with Crippen LogP contribution < -0.4 is 9.47 Å². The van der Waals surface area contributed by atoms with E-state index in [1.54, 1.807) is 12.1 Å². The molecule has 0 amide bonds. The van der Waals surface area contributed by atoms with E-state index in [1.807, 2.05) is 18.2 Å². The molecule has 0 aliphatic rings. The lowest BCUT2D eigenvalue weighted by Gasteiger charge is -2.11. The highest BCUT2D eigenvalue weighted by atomic mass is 19.4. The van der Waals surface area contributed by atoms with Gasteiger partial charge in [0, 0.05) is 11.8 Å². The van der Waals surface area contributed by atoms with E-state index >= 15 is 0 Å². The maximum Gasteiger partial charge on any atom is 0.416 e. The summed E-state index contributed by atoms with van der Waals surface area (Å²) in [6.45, 7) is 1.83. The first-order valence-electron chi connectivity index (χ1n) is 6.32. The van der Waals surface area contributed by atoms with Crippen LogP contribution in [0.1, 0.15) is 11.3 Å². The molecule has 0 saturated carbocycles. The number of pyridine rings is 1. The van der Waals surface area contributed by atoms with Gasteiger partial charge >= 0.3 is 6.18 Å². The number of ether oxygens (including phenoxy) is 2. The molecule has 112 valence electrons. The zero-order valence-electron chi connectivity index (χ0n) is 11.4. The van der Waals surface area contributed by atoms with Crippen LogP contribution in [0, 0.1) is 6.92 Å². The van der Waals surface area contributed by atoms with Crippen LogP contribution >= 0.6 is 0 Å². The molecule has 0 N–H and O–H groups in total. The number of alkyl halides is 3. The standard InChI is InChI=1S/C15H14F3NO2/c1-11-9-12(15(16,17)18)10-14(19-11)21-8-7-20-13-5-3-2-4-6-13/h2-6,9-10H,7-8H2,1H3. The summed E-state index contributed by atoms with van der Waals surface area (Å²) in [7, 11) is 0. The summed E-state index contributed by atoms with van der Waals surface area (Å²) in [4.78, 5) is 3.91. The summed E-state index contributed by atoms with van der Waals surface area (Å²) in [6, 6.07) is 10.9. The third-order valence-electron chi connectivity index (χ3n) is 2.60. The lowest BCUT2D eigenvalue weighted by atomic mass is 10.2. The predicted molar refractivity (Wildman–Crippen MR) is 71.4 cm³/mol. The molecule has 3 nitrogen and oxygen atoms in total. The van der Waals surface area contributed by atoms with Gasteiger partial charge in [0.25, 0.3) is 0 Å². The molecule has 2 rings (SSSR count). The third-order valence-corrected chi connectivity index (χ3v) is 2.60. The first-order chi connectivity index (χ1) is 9.95. The largest absolute Gasteiger partial charge is 0.490 e. The Balaban J connectivity index is 1.90. The van der Waals surface area contributed by atoms with Gasteiger partial charge in [0.2, 0.25) is 5.88 Å². The molecule has 0 unspecified atom stereocenters. The number of para-hydroxylation sites is 1. The first-order valence-corrected chi connectivity index (χ1v) is 6.32. The minimum absolute atomic E-state index is 0.0565. The number of hydrogen-bond acceptors (Lipinski definition) is 3. The fourth-order valence-corrected chi connectivity index (χ4v) is 1.70. The molecule has 6 heteroatoms. The Hall–Kier alpha value is -2.24. The molecule has 0 aliphatic carbocycles. The Bertz CT molecular complexity index is 585. The van der Waals surface area contributed by atoms with Crippen molar-refractivity contribution in [3.63, 3.8) is 0 Å². The van der Waals surface area contributed by atoms with Crippen molar-refractivity contribution in [1.82, 2.24) is 4.98 Å². The Morgan fingerprint density at radius 1 is 1.00 bits per heavy atom. The fourth-order valence-electron chi connectivity index (χ4n) is 1.70. The van der Waals surface area contributed by atoms with Crippen LogP contribution in [0.5, 0.6) is 11.6 Å². The van der Waals surface area contributed by atoms with E-state index in [-0.39, 0.29) is 24.8 Å². The van der Waals surface area contributed by atoms with Gasteiger partial charge in [-0.3, -0.25) is 0 Å². The number of aryl methyl sites for hydroxylation is 1. The normalized spacial score (nSPS) is 11.2. The fraction of sp³-hybridized carbons (Fsp3) is 0.267. The molecule has 2 aromatic rings. The molecule has 0 saturated heterocycles. The summed E-state index contributed by atoms with van der Waals surface area (Å²) in [5.74, 6) is 0.619. The van der Waals surface area contributed by atoms with Crippen molar-refractivity contribution in [2.45, 2.75) is 13.1 Å². The van der Waals surface area contributed by atoms with Crippen molar-refractivity contribution < 1.29 is 22.6 Å². The van der Waals surface area contributed by atoms with Gasteiger partial charge in [-0.2, -0.15) is 13.2 Å². The van der Waals surface area contributed by atoms with Crippen LogP contribution in [0.15, 0.2) is 42.5 Å². The molecule has 0 radical (unpaired) electrons. The second kappa shape index (κ2) is 6.47. The van der Waals surface area contributed by atoms with E-state index in [0.29, 0.717) is 5.75 Å². The van der Waals surface area contributed by atoms with Crippen molar-refractivity contribution in [3.05, 3.63) is 53.7 Å². The predicted octanol–water partition coefficient (Wildman–Crippen LogP) is 3.87. The summed E-state index contributed by atoms with van der Waals surface area (Å²) < 4.78 is 48.5. The van der Waals surface area contributed by atoms with Crippen molar-refractivity contribution in [3.8, 4) is 11.6 Å². The number of hydrogen-bond donors (Lipinski definition) is 0. The summed E-state index contributed by atoms with van der Waals surface area (Å²) >= 11 is 0.